The van der Waals surface area contributed by atoms with Gasteiger partial charge in [0.1, 0.15) is 0 Å². The molecule has 0 aliphatic heterocycles. The van der Waals surface area contributed by atoms with Gasteiger partial charge in [-0.1, -0.05) is 13.8 Å². The second kappa shape index (κ2) is 5.03. The van der Waals surface area contributed by atoms with Crippen LogP contribution in [0.15, 0.2) is 18.2 Å². The fourth-order valence-electron chi connectivity index (χ4n) is 2.89. The molecule has 2 atom stereocenters. The van der Waals surface area contributed by atoms with Gasteiger partial charge >= 0.3 is 0 Å². The highest BCUT2D eigenvalue weighted by Crippen LogP contribution is 2.30. The molecule has 1 saturated carbocycles. The zero-order chi connectivity index (χ0) is 12.4. The van der Waals surface area contributed by atoms with E-state index < -0.39 is 11.6 Å². The predicted octanol–water partition coefficient (Wildman–Crippen LogP) is 4.20. The third-order valence-electron chi connectivity index (χ3n) is 3.47. The number of halogens is 2. The molecule has 2 rings (SSSR count). The summed E-state index contributed by atoms with van der Waals surface area (Å²) in [6, 6.07) is 4.38. The van der Waals surface area contributed by atoms with E-state index in [2.05, 4.69) is 19.2 Å². The summed E-state index contributed by atoms with van der Waals surface area (Å²) >= 11 is 0. The van der Waals surface area contributed by atoms with E-state index in [1.54, 1.807) is 6.07 Å². The fraction of sp³-hybridized carbons (Fsp3) is 0.571. The Balaban J connectivity index is 2.02. The molecule has 1 N–H and O–H groups in total. The molecule has 17 heavy (non-hydrogen) atoms. The largest absolute Gasteiger partial charge is 0.382 e. The van der Waals surface area contributed by atoms with Gasteiger partial charge in [-0.05, 0) is 43.2 Å². The number of hydrogen-bond donors (Lipinski definition) is 1. The second-order valence-corrected chi connectivity index (χ2v) is 5.39. The smallest absolute Gasteiger partial charge is 0.160 e. The third kappa shape index (κ3) is 3.18. The molecule has 1 aromatic rings. The van der Waals surface area contributed by atoms with Crippen molar-refractivity contribution in [3.8, 4) is 0 Å². The quantitative estimate of drug-likeness (QED) is 0.815. The minimum atomic E-state index is -0.791. The highest BCUT2D eigenvalue weighted by atomic mass is 19.2. The van der Waals surface area contributed by atoms with E-state index in [1.807, 2.05) is 0 Å². The van der Waals surface area contributed by atoms with E-state index in [0.29, 0.717) is 23.6 Å². The standard InChI is InChI=1S/C14H19F2N/c1-9-5-10(2)7-12(6-9)17-11-3-4-13(15)14(16)8-11/h3-4,8-10,12,17H,5-7H2,1-2H3. The van der Waals surface area contributed by atoms with Crippen molar-refractivity contribution in [2.45, 2.75) is 39.2 Å². The van der Waals surface area contributed by atoms with Gasteiger partial charge in [0.05, 0.1) is 0 Å². The maximum absolute atomic E-state index is 13.1. The lowest BCUT2D eigenvalue weighted by atomic mass is 9.80. The van der Waals surface area contributed by atoms with Crippen LogP contribution in [0, 0.1) is 23.5 Å². The Kier molecular flexibility index (Phi) is 3.65. The van der Waals surface area contributed by atoms with Crippen LogP contribution in [0.1, 0.15) is 33.1 Å². The molecule has 2 unspecified atom stereocenters. The Hall–Kier alpha value is -1.12. The van der Waals surface area contributed by atoms with Crippen LogP contribution in [0.2, 0.25) is 0 Å². The summed E-state index contributed by atoms with van der Waals surface area (Å²) in [7, 11) is 0. The van der Waals surface area contributed by atoms with Gasteiger partial charge < -0.3 is 5.32 Å². The molecule has 3 heteroatoms. The van der Waals surface area contributed by atoms with Gasteiger partial charge in [0.2, 0.25) is 0 Å². The summed E-state index contributed by atoms with van der Waals surface area (Å²) in [6.45, 7) is 4.49. The average molecular weight is 239 g/mol. The van der Waals surface area contributed by atoms with Crippen molar-refractivity contribution >= 4 is 5.69 Å². The van der Waals surface area contributed by atoms with E-state index in [4.69, 9.17) is 0 Å². The number of anilines is 1. The zero-order valence-electron chi connectivity index (χ0n) is 10.3. The molecular weight excluding hydrogens is 220 g/mol. The molecule has 1 aliphatic carbocycles. The Labute approximate surface area is 101 Å². The van der Waals surface area contributed by atoms with Crippen molar-refractivity contribution in [1.29, 1.82) is 0 Å². The first-order valence-electron chi connectivity index (χ1n) is 6.26. The van der Waals surface area contributed by atoms with Crippen molar-refractivity contribution in [2.75, 3.05) is 5.32 Å². The fourth-order valence-corrected chi connectivity index (χ4v) is 2.89. The zero-order valence-corrected chi connectivity index (χ0v) is 10.3. The van der Waals surface area contributed by atoms with Crippen LogP contribution in [-0.4, -0.2) is 6.04 Å². The second-order valence-electron chi connectivity index (χ2n) is 5.39. The van der Waals surface area contributed by atoms with E-state index in [0.717, 1.165) is 12.8 Å². The maximum atomic E-state index is 13.1. The summed E-state index contributed by atoms with van der Waals surface area (Å²) in [5.74, 6) is -0.184. The number of rotatable bonds is 2. The van der Waals surface area contributed by atoms with Gasteiger partial charge in [-0.2, -0.15) is 0 Å². The van der Waals surface area contributed by atoms with Crippen LogP contribution in [0.3, 0.4) is 0 Å². The average Bonchev–Trinajstić information content (AvgIpc) is 2.22. The molecule has 0 aromatic heterocycles. The summed E-state index contributed by atoms with van der Waals surface area (Å²) in [4.78, 5) is 0. The van der Waals surface area contributed by atoms with Crippen molar-refractivity contribution in [3.05, 3.63) is 29.8 Å². The number of hydrogen-bond acceptors (Lipinski definition) is 1. The van der Waals surface area contributed by atoms with Gasteiger partial charge in [0.15, 0.2) is 11.6 Å². The van der Waals surface area contributed by atoms with Crippen molar-refractivity contribution in [1.82, 2.24) is 0 Å². The van der Waals surface area contributed by atoms with Gasteiger partial charge in [-0.25, -0.2) is 8.78 Å². The first-order chi connectivity index (χ1) is 8.04. The molecule has 94 valence electrons. The highest BCUT2D eigenvalue weighted by molar-refractivity contribution is 5.44. The number of benzene rings is 1. The molecule has 1 aliphatic rings. The molecule has 0 saturated heterocycles. The van der Waals surface area contributed by atoms with Gasteiger partial charge in [-0.3, -0.25) is 0 Å². The molecule has 1 nitrogen and oxygen atoms in total. The third-order valence-corrected chi connectivity index (χ3v) is 3.47. The van der Waals surface area contributed by atoms with Crippen LogP contribution < -0.4 is 5.32 Å². The lowest BCUT2D eigenvalue weighted by Crippen LogP contribution is -2.30. The summed E-state index contributed by atoms with van der Waals surface area (Å²) in [5.41, 5.74) is 0.676. The first kappa shape index (κ1) is 12.3. The normalized spacial score (nSPS) is 29.1. The molecule has 0 heterocycles. The monoisotopic (exact) mass is 239 g/mol. The van der Waals surface area contributed by atoms with E-state index in [1.165, 1.54) is 18.6 Å². The summed E-state index contributed by atoms with van der Waals surface area (Å²) < 4.78 is 25.9. The van der Waals surface area contributed by atoms with E-state index in [9.17, 15) is 8.78 Å². The van der Waals surface area contributed by atoms with Crippen LogP contribution in [0.25, 0.3) is 0 Å². The molecule has 0 amide bonds. The highest BCUT2D eigenvalue weighted by Gasteiger charge is 2.23. The Morgan fingerprint density at radius 3 is 2.24 bits per heavy atom. The maximum Gasteiger partial charge on any atom is 0.160 e. The van der Waals surface area contributed by atoms with Crippen molar-refractivity contribution in [2.24, 2.45) is 11.8 Å². The van der Waals surface area contributed by atoms with Crippen molar-refractivity contribution in [3.63, 3.8) is 0 Å². The molecular formula is C14H19F2N. The minimum Gasteiger partial charge on any atom is -0.382 e. The first-order valence-corrected chi connectivity index (χ1v) is 6.26. The van der Waals surface area contributed by atoms with Gasteiger partial charge in [0, 0.05) is 17.8 Å². The Morgan fingerprint density at radius 1 is 1.00 bits per heavy atom. The molecule has 0 bridgehead atoms. The Morgan fingerprint density at radius 2 is 1.65 bits per heavy atom. The lowest BCUT2D eigenvalue weighted by Gasteiger charge is -2.32. The summed E-state index contributed by atoms with van der Waals surface area (Å²) in [6.07, 6.45) is 3.46. The van der Waals surface area contributed by atoms with E-state index >= 15 is 0 Å². The molecule has 0 spiro atoms. The SMILES string of the molecule is CC1CC(C)CC(Nc2ccc(F)c(F)c2)C1. The van der Waals surface area contributed by atoms with Crippen molar-refractivity contribution < 1.29 is 8.78 Å². The molecule has 1 fully saturated rings. The van der Waals surface area contributed by atoms with E-state index in [-0.39, 0.29) is 0 Å². The predicted molar refractivity (Wildman–Crippen MR) is 65.9 cm³/mol. The minimum absolute atomic E-state index is 0.374. The lowest BCUT2D eigenvalue weighted by molar-refractivity contribution is 0.281. The molecule has 0 radical (unpaired) electrons. The summed E-state index contributed by atoms with van der Waals surface area (Å²) in [5, 5.41) is 3.30. The topological polar surface area (TPSA) is 12.0 Å². The van der Waals surface area contributed by atoms with Gasteiger partial charge in [-0.15, -0.1) is 0 Å². The number of nitrogens with one attached hydrogen (secondary N) is 1. The Bertz CT molecular complexity index is 382. The molecule has 1 aromatic carbocycles. The van der Waals surface area contributed by atoms with Crippen LogP contribution >= 0.6 is 0 Å². The van der Waals surface area contributed by atoms with Gasteiger partial charge in [0.25, 0.3) is 0 Å². The van der Waals surface area contributed by atoms with Crippen LogP contribution in [0.4, 0.5) is 14.5 Å². The van der Waals surface area contributed by atoms with Crippen LogP contribution in [0.5, 0.6) is 0 Å². The van der Waals surface area contributed by atoms with Crippen LogP contribution in [-0.2, 0) is 0 Å².